The summed E-state index contributed by atoms with van der Waals surface area (Å²) in [5.41, 5.74) is 2.27. The van der Waals surface area contributed by atoms with Crippen molar-refractivity contribution in [2.75, 3.05) is 24.4 Å². The van der Waals surface area contributed by atoms with Gasteiger partial charge in [0.2, 0.25) is 5.91 Å². The first kappa shape index (κ1) is 27.7. The van der Waals surface area contributed by atoms with Crippen molar-refractivity contribution >= 4 is 45.1 Å². The molecule has 0 radical (unpaired) electrons. The number of carbonyl (C=O) groups is 3. The van der Waals surface area contributed by atoms with E-state index in [1.807, 2.05) is 19.1 Å². The van der Waals surface area contributed by atoms with Gasteiger partial charge in [-0.1, -0.05) is 22.9 Å². The Bertz CT molecular complexity index is 1210. The van der Waals surface area contributed by atoms with E-state index in [-0.39, 0.29) is 25.4 Å². The maximum absolute atomic E-state index is 12.2. The quantitative estimate of drug-likeness (QED) is 0.256. The standard InChI is InChI=1S/C28H29BrN2O6/c1-3-19-17-20(29)7-16-25(19)31-27(33)18-36-28(34)6-4-5-26(32)30-21-8-10-23(11-9-21)37-24-14-12-22(35-2)13-15-24/h7-17H,3-6,18H2,1-2H3,(H,30,32)(H,31,33). The molecule has 3 rings (SSSR count). The SMILES string of the molecule is CCc1cc(Br)ccc1NC(=O)COC(=O)CCCC(=O)Nc1ccc(Oc2ccc(OC)cc2)cc1. The molecule has 0 aliphatic carbocycles. The molecular formula is C28H29BrN2O6. The molecule has 0 spiro atoms. The summed E-state index contributed by atoms with van der Waals surface area (Å²) in [5.74, 6) is 0.863. The lowest BCUT2D eigenvalue weighted by Crippen LogP contribution is -2.21. The van der Waals surface area contributed by atoms with Crippen molar-refractivity contribution in [1.82, 2.24) is 0 Å². The summed E-state index contributed by atoms with van der Waals surface area (Å²) in [5, 5.41) is 5.54. The zero-order valence-corrected chi connectivity index (χ0v) is 22.3. The summed E-state index contributed by atoms with van der Waals surface area (Å²) in [6, 6.07) is 19.7. The van der Waals surface area contributed by atoms with Gasteiger partial charge in [0.25, 0.3) is 5.91 Å². The van der Waals surface area contributed by atoms with E-state index in [0.29, 0.717) is 29.3 Å². The van der Waals surface area contributed by atoms with Crippen LogP contribution in [0.3, 0.4) is 0 Å². The Labute approximate surface area is 224 Å². The predicted octanol–water partition coefficient (Wildman–Crippen LogP) is 6.10. The Kier molecular flexibility index (Phi) is 10.5. The van der Waals surface area contributed by atoms with Gasteiger partial charge < -0.3 is 24.8 Å². The lowest BCUT2D eigenvalue weighted by atomic mass is 10.1. The molecule has 8 nitrogen and oxygen atoms in total. The van der Waals surface area contributed by atoms with Crippen molar-refractivity contribution in [3.63, 3.8) is 0 Å². The Morgan fingerprint density at radius 3 is 2.11 bits per heavy atom. The monoisotopic (exact) mass is 568 g/mol. The van der Waals surface area contributed by atoms with Crippen LogP contribution in [0.2, 0.25) is 0 Å². The third-order valence-corrected chi connectivity index (χ3v) is 5.80. The van der Waals surface area contributed by atoms with Gasteiger partial charge >= 0.3 is 5.97 Å². The van der Waals surface area contributed by atoms with E-state index in [4.69, 9.17) is 14.2 Å². The highest BCUT2D eigenvalue weighted by Gasteiger charge is 2.11. The molecular weight excluding hydrogens is 540 g/mol. The van der Waals surface area contributed by atoms with Gasteiger partial charge in [0.1, 0.15) is 17.2 Å². The molecule has 37 heavy (non-hydrogen) atoms. The molecule has 3 aromatic rings. The zero-order chi connectivity index (χ0) is 26.6. The highest BCUT2D eigenvalue weighted by molar-refractivity contribution is 9.10. The molecule has 0 saturated heterocycles. The third-order valence-electron chi connectivity index (χ3n) is 5.30. The van der Waals surface area contributed by atoms with Crippen LogP contribution in [0, 0.1) is 0 Å². The van der Waals surface area contributed by atoms with Crippen LogP contribution in [0.1, 0.15) is 31.7 Å². The fourth-order valence-electron chi connectivity index (χ4n) is 3.38. The van der Waals surface area contributed by atoms with Crippen molar-refractivity contribution in [2.24, 2.45) is 0 Å². The molecule has 0 fully saturated rings. The van der Waals surface area contributed by atoms with Gasteiger partial charge in [0.15, 0.2) is 6.61 Å². The van der Waals surface area contributed by atoms with Crippen LogP contribution in [0.25, 0.3) is 0 Å². The van der Waals surface area contributed by atoms with E-state index in [9.17, 15) is 14.4 Å². The molecule has 194 valence electrons. The fraction of sp³-hybridized carbons (Fsp3) is 0.250. The smallest absolute Gasteiger partial charge is 0.306 e. The van der Waals surface area contributed by atoms with Crippen molar-refractivity contribution in [3.05, 3.63) is 76.8 Å². The van der Waals surface area contributed by atoms with Crippen molar-refractivity contribution in [1.29, 1.82) is 0 Å². The van der Waals surface area contributed by atoms with Crippen LogP contribution in [0.15, 0.2) is 71.2 Å². The number of esters is 1. The third kappa shape index (κ3) is 9.27. The number of hydrogen-bond acceptors (Lipinski definition) is 6. The number of halogens is 1. The number of amides is 2. The van der Waals surface area contributed by atoms with Crippen LogP contribution in [0.5, 0.6) is 17.2 Å². The first-order valence-electron chi connectivity index (χ1n) is 11.8. The molecule has 0 heterocycles. The Hall–Kier alpha value is -3.85. The fourth-order valence-corrected chi connectivity index (χ4v) is 3.79. The number of methoxy groups -OCH3 is 1. The Morgan fingerprint density at radius 1 is 0.811 bits per heavy atom. The second-order valence-corrected chi connectivity index (χ2v) is 8.98. The molecule has 0 aliphatic heterocycles. The van der Waals surface area contributed by atoms with Crippen LogP contribution in [0.4, 0.5) is 11.4 Å². The number of benzene rings is 3. The van der Waals surface area contributed by atoms with Gasteiger partial charge in [-0.05, 0) is 85.1 Å². The molecule has 0 aromatic heterocycles. The van der Waals surface area contributed by atoms with Crippen LogP contribution < -0.4 is 20.1 Å². The molecule has 0 aliphatic rings. The van der Waals surface area contributed by atoms with E-state index >= 15 is 0 Å². The number of nitrogens with one attached hydrogen (secondary N) is 2. The molecule has 2 N–H and O–H groups in total. The van der Waals surface area contributed by atoms with Gasteiger partial charge in [-0.15, -0.1) is 0 Å². The second kappa shape index (κ2) is 14.0. The maximum Gasteiger partial charge on any atom is 0.306 e. The summed E-state index contributed by atoms with van der Waals surface area (Å²) in [6.45, 7) is 1.61. The lowest BCUT2D eigenvalue weighted by Gasteiger charge is -2.11. The normalized spacial score (nSPS) is 10.4. The summed E-state index contributed by atoms with van der Waals surface area (Å²) in [6.07, 6.45) is 1.23. The first-order chi connectivity index (χ1) is 17.9. The highest BCUT2D eigenvalue weighted by Crippen LogP contribution is 2.25. The van der Waals surface area contributed by atoms with Crippen LogP contribution >= 0.6 is 15.9 Å². The molecule has 0 saturated carbocycles. The zero-order valence-electron chi connectivity index (χ0n) is 20.7. The number of anilines is 2. The average molecular weight is 569 g/mol. The number of rotatable bonds is 12. The number of carbonyl (C=O) groups excluding carboxylic acids is 3. The van der Waals surface area contributed by atoms with E-state index in [1.165, 1.54) is 0 Å². The van der Waals surface area contributed by atoms with Crippen molar-refractivity contribution < 1.29 is 28.6 Å². The topological polar surface area (TPSA) is 103 Å². The van der Waals surface area contributed by atoms with Crippen LogP contribution in [-0.2, 0) is 25.5 Å². The largest absolute Gasteiger partial charge is 0.497 e. The molecule has 0 unspecified atom stereocenters. The van der Waals surface area contributed by atoms with Crippen molar-refractivity contribution in [2.45, 2.75) is 32.6 Å². The first-order valence-corrected chi connectivity index (χ1v) is 12.6. The molecule has 0 atom stereocenters. The maximum atomic E-state index is 12.2. The summed E-state index contributed by atoms with van der Waals surface area (Å²) < 4.78 is 16.9. The van der Waals surface area contributed by atoms with Gasteiger partial charge in [-0.3, -0.25) is 14.4 Å². The highest BCUT2D eigenvalue weighted by atomic mass is 79.9. The van der Waals surface area contributed by atoms with Gasteiger partial charge in [0.05, 0.1) is 7.11 Å². The van der Waals surface area contributed by atoms with Gasteiger partial charge in [-0.25, -0.2) is 0 Å². The van der Waals surface area contributed by atoms with Gasteiger partial charge in [-0.2, -0.15) is 0 Å². The Morgan fingerprint density at radius 2 is 1.46 bits per heavy atom. The molecule has 3 aromatic carbocycles. The van der Waals surface area contributed by atoms with E-state index < -0.39 is 11.9 Å². The predicted molar refractivity (Wildman–Crippen MR) is 145 cm³/mol. The van der Waals surface area contributed by atoms with Crippen LogP contribution in [-0.4, -0.2) is 31.5 Å². The minimum absolute atomic E-state index is 0.0355. The Balaban J connectivity index is 1.34. The van der Waals surface area contributed by atoms with Crippen molar-refractivity contribution in [3.8, 4) is 17.2 Å². The summed E-state index contributed by atoms with van der Waals surface area (Å²) in [4.78, 5) is 36.3. The van der Waals surface area contributed by atoms with Gasteiger partial charge in [0, 0.05) is 28.7 Å². The van der Waals surface area contributed by atoms with E-state index in [1.54, 1.807) is 61.7 Å². The second-order valence-electron chi connectivity index (χ2n) is 8.07. The minimum Gasteiger partial charge on any atom is -0.497 e. The number of aryl methyl sites for hydroxylation is 1. The lowest BCUT2D eigenvalue weighted by molar-refractivity contribution is -0.147. The number of hydrogen-bond donors (Lipinski definition) is 2. The molecule has 9 heteroatoms. The number of ether oxygens (including phenoxy) is 3. The average Bonchev–Trinajstić information content (AvgIpc) is 2.90. The molecule has 2 amide bonds. The van der Waals surface area contributed by atoms with E-state index in [0.717, 1.165) is 22.2 Å². The molecule has 0 bridgehead atoms. The summed E-state index contributed by atoms with van der Waals surface area (Å²) in [7, 11) is 1.60. The van der Waals surface area contributed by atoms with E-state index in [2.05, 4.69) is 26.6 Å². The summed E-state index contributed by atoms with van der Waals surface area (Å²) >= 11 is 3.40. The minimum atomic E-state index is -0.533.